The molecule has 8 rings (SSSR count). The van der Waals surface area contributed by atoms with Crippen LogP contribution < -0.4 is 14.8 Å². The molecule has 0 unspecified atom stereocenters. The zero-order valence-electron chi connectivity index (χ0n) is 28.7. The van der Waals surface area contributed by atoms with Crippen LogP contribution in [0.4, 0.5) is 11.5 Å². The molecule has 10 nitrogen and oxygen atoms in total. The molecule has 0 spiro atoms. The van der Waals surface area contributed by atoms with Gasteiger partial charge in [0.05, 0.1) is 19.3 Å². The van der Waals surface area contributed by atoms with E-state index in [1.54, 1.807) is 7.11 Å². The predicted molar refractivity (Wildman–Crippen MR) is 194 cm³/mol. The molecule has 2 saturated heterocycles. The highest BCUT2D eigenvalue weighted by molar-refractivity contribution is 5.91. The molecule has 3 aromatic heterocycles. The average Bonchev–Trinajstić information content (AvgIpc) is 3.86. The van der Waals surface area contributed by atoms with Gasteiger partial charge in [-0.3, -0.25) is 14.8 Å². The van der Waals surface area contributed by atoms with Crippen molar-refractivity contribution in [1.82, 2.24) is 24.8 Å². The Morgan fingerprint density at radius 1 is 0.880 bits per heavy atom. The topological polar surface area (TPSA) is 116 Å². The fourth-order valence-corrected chi connectivity index (χ4v) is 7.84. The maximum Gasteiger partial charge on any atom is 0.220 e. The summed E-state index contributed by atoms with van der Waals surface area (Å²) in [5, 5.41) is 24.5. The fourth-order valence-electron chi connectivity index (χ4n) is 7.84. The van der Waals surface area contributed by atoms with Crippen LogP contribution in [0.3, 0.4) is 0 Å². The molecule has 0 bridgehead atoms. The number of benzene rings is 2. The molecule has 0 radical (unpaired) electrons. The molecule has 50 heavy (non-hydrogen) atoms. The quantitative estimate of drug-likeness (QED) is 0.164. The lowest BCUT2D eigenvalue weighted by atomic mass is 9.93. The van der Waals surface area contributed by atoms with Gasteiger partial charge < -0.3 is 25.0 Å². The van der Waals surface area contributed by atoms with Crippen molar-refractivity contribution in [3.05, 3.63) is 101 Å². The van der Waals surface area contributed by atoms with E-state index in [0.717, 1.165) is 84.4 Å². The summed E-state index contributed by atoms with van der Waals surface area (Å²) in [5.74, 6) is 1.84. The molecular weight excluding hydrogens is 628 g/mol. The molecule has 3 N–H and O–H groups in total. The number of methoxy groups -OCH3 is 1. The second kappa shape index (κ2) is 14.0. The van der Waals surface area contributed by atoms with Crippen LogP contribution in [0.5, 0.6) is 11.8 Å². The minimum absolute atomic E-state index is 0.102. The second-order valence-electron chi connectivity index (χ2n) is 13.9. The van der Waals surface area contributed by atoms with E-state index in [1.807, 2.05) is 30.6 Å². The number of anilines is 2. The van der Waals surface area contributed by atoms with Gasteiger partial charge in [0.15, 0.2) is 5.82 Å². The SMILES string of the molecule is COc1nc(O[C@@H]2CCc3c(-c4cccc(Nc5nccc6cc(CN7CC[C@@H](O)C7)cnc56)c4C)cccc32)ccc1CN1CC[C@@H](O)C1. The Kier molecular flexibility index (Phi) is 9.09. The third kappa shape index (κ3) is 6.64. The van der Waals surface area contributed by atoms with E-state index in [4.69, 9.17) is 19.4 Å². The van der Waals surface area contributed by atoms with Gasteiger partial charge in [0, 0.05) is 74.4 Å². The van der Waals surface area contributed by atoms with E-state index >= 15 is 0 Å². The molecule has 2 fully saturated rings. The predicted octanol–water partition coefficient (Wildman–Crippen LogP) is 5.95. The Morgan fingerprint density at radius 3 is 2.44 bits per heavy atom. The highest BCUT2D eigenvalue weighted by atomic mass is 16.5. The Balaban J connectivity index is 1.01. The fraction of sp³-hybridized carbons (Fsp3) is 0.375. The minimum atomic E-state index is -0.263. The van der Waals surface area contributed by atoms with Crippen molar-refractivity contribution in [3.8, 4) is 22.9 Å². The summed E-state index contributed by atoms with van der Waals surface area (Å²) in [6.07, 6.45) is 6.56. The molecule has 3 atom stereocenters. The van der Waals surface area contributed by atoms with E-state index < -0.39 is 0 Å². The van der Waals surface area contributed by atoms with E-state index in [2.05, 4.69) is 69.5 Å². The van der Waals surface area contributed by atoms with Crippen LogP contribution in [0.15, 0.2) is 73.1 Å². The maximum atomic E-state index is 9.93. The Bertz CT molecular complexity index is 2020. The van der Waals surface area contributed by atoms with Gasteiger partial charge >= 0.3 is 0 Å². The first kappa shape index (κ1) is 32.6. The second-order valence-corrected chi connectivity index (χ2v) is 13.9. The third-order valence-electron chi connectivity index (χ3n) is 10.4. The van der Waals surface area contributed by atoms with Gasteiger partial charge in [0.25, 0.3) is 0 Å². The van der Waals surface area contributed by atoms with Crippen LogP contribution in [0.25, 0.3) is 22.0 Å². The summed E-state index contributed by atoms with van der Waals surface area (Å²) in [6, 6.07) is 21.0. The minimum Gasteiger partial charge on any atom is -0.481 e. The maximum absolute atomic E-state index is 9.93. The van der Waals surface area contributed by atoms with Crippen molar-refractivity contribution in [1.29, 1.82) is 0 Å². The number of nitrogens with zero attached hydrogens (tertiary/aromatic N) is 5. The van der Waals surface area contributed by atoms with E-state index in [0.29, 0.717) is 31.4 Å². The van der Waals surface area contributed by atoms with Gasteiger partial charge in [-0.2, -0.15) is 4.98 Å². The number of hydrogen-bond donors (Lipinski definition) is 3. The molecule has 5 aromatic rings. The van der Waals surface area contributed by atoms with Crippen LogP contribution in [-0.2, 0) is 19.5 Å². The largest absolute Gasteiger partial charge is 0.481 e. The number of β-amino-alcohol motifs (C(OH)–C–C–N with tert-alkyl or cyclic N) is 2. The van der Waals surface area contributed by atoms with Crippen molar-refractivity contribution in [2.45, 2.75) is 64.0 Å². The molecule has 2 aliphatic heterocycles. The van der Waals surface area contributed by atoms with E-state index in [1.165, 1.54) is 22.3 Å². The number of rotatable bonds is 10. The summed E-state index contributed by atoms with van der Waals surface area (Å²) < 4.78 is 12.2. The number of aromatic nitrogens is 3. The molecule has 2 aromatic carbocycles. The van der Waals surface area contributed by atoms with Gasteiger partial charge in [-0.25, -0.2) is 4.98 Å². The molecule has 1 aliphatic carbocycles. The van der Waals surface area contributed by atoms with Crippen molar-refractivity contribution in [2.24, 2.45) is 0 Å². The average molecular weight is 673 g/mol. The van der Waals surface area contributed by atoms with Gasteiger partial charge in [0.2, 0.25) is 11.8 Å². The summed E-state index contributed by atoms with van der Waals surface area (Å²) in [5.41, 5.74) is 9.96. The molecular formula is C40H44N6O4. The zero-order valence-corrected chi connectivity index (χ0v) is 28.7. The van der Waals surface area contributed by atoms with Gasteiger partial charge in [-0.15, -0.1) is 0 Å². The van der Waals surface area contributed by atoms with Gasteiger partial charge in [-0.05, 0) is 90.3 Å². The smallest absolute Gasteiger partial charge is 0.220 e. The number of fused-ring (bicyclic) bond motifs is 2. The number of nitrogens with one attached hydrogen (secondary N) is 1. The first-order valence-corrected chi connectivity index (χ1v) is 17.7. The van der Waals surface area contributed by atoms with E-state index in [9.17, 15) is 10.2 Å². The lowest BCUT2D eigenvalue weighted by molar-refractivity contribution is 0.173. The lowest BCUT2D eigenvalue weighted by Crippen LogP contribution is -2.22. The Morgan fingerprint density at radius 2 is 1.66 bits per heavy atom. The summed E-state index contributed by atoms with van der Waals surface area (Å²) in [6.45, 7) is 6.78. The normalized spacial score (nSPS) is 20.8. The molecule has 0 saturated carbocycles. The van der Waals surface area contributed by atoms with Crippen LogP contribution in [-0.4, -0.2) is 80.5 Å². The number of likely N-dealkylation sites (tertiary alicyclic amines) is 2. The first-order valence-electron chi connectivity index (χ1n) is 17.7. The Hall–Kier alpha value is -4.61. The van der Waals surface area contributed by atoms with Crippen molar-refractivity contribution in [3.63, 3.8) is 0 Å². The molecule has 3 aliphatic rings. The monoisotopic (exact) mass is 672 g/mol. The van der Waals surface area contributed by atoms with Crippen molar-refractivity contribution in [2.75, 3.05) is 38.6 Å². The zero-order chi connectivity index (χ0) is 34.2. The molecule has 258 valence electrons. The van der Waals surface area contributed by atoms with Gasteiger partial charge in [-0.1, -0.05) is 30.3 Å². The van der Waals surface area contributed by atoms with Crippen LogP contribution in [0.2, 0.25) is 0 Å². The lowest BCUT2D eigenvalue weighted by Gasteiger charge is -2.19. The third-order valence-corrected chi connectivity index (χ3v) is 10.4. The number of hydrogen-bond acceptors (Lipinski definition) is 10. The van der Waals surface area contributed by atoms with E-state index in [-0.39, 0.29) is 18.3 Å². The molecule has 10 heteroatoms. The van der Waals surface area contributed by atoms with Crippen LogP contribution in [0.1, 0.15) is 53.2 Å². The highest BCUT2D eigenvalue weighted by Crippen LogP contribution is 2.42. The van der Waals surface area contributed by atoms with Gasteiger partial charge in [0.1, 0.15) is 11.6 Å². The number of aliphatic hydroxyl groups excluding tert-OH is 2. The summed E-state index contributed by atoms with van der Waals surface area (Å²) in [7, 11) is 1.64. The molecule has 5 heterocycles. The van der Waals surface area contributed by atoms with Crippen molar-refractivity contribution < 1.29 is 19.7 Å². The Labute approximate surface area is 292 Å². The van der Waals surface area contributed by atoms with Crippen molar-refractivity contribution >= 4 is 22.4 Å². The number of pyridine rings is 3. The molecule has 0 amide bonds. The first-order chi connectivity index (χ1) is 24.4. The number of ether oxygens (including phenoxy) is 2. The van der Waals surface area contributed by atoms with Crippen LogP contribution in [0, 0.1) is 6.92 Å². The standard InChI is InChI=1S/C40H44N6O4/c1-25-31(5-4-8-35(25)43-39-38-27(13-16-41-39)19-26(20-42-38)21-45-17-14-29(47)23-45)32-6-3-7-34-33(32)10-11-36(34)50-37-12-9-28(40(44-37)49-2)22-46-18-15-30(48)24-46/h3-9,12-13,16,19-20,29-30,36,47-48H,10-11,14-15,17-18,21-24H2,1-2H3,(H,41,43)/t29-,30-,36-/m1/s1. The highest BCUT2D eigenvalue weighted by Gasteiger charge is 2.28. The summed E-state index contributed by atoms with van der Waals surface area (Å²) >= 11 is 0. The number of aliphatic hydroxyl groups is 2. The van der Waals surface area contributed by atoms with Crippen LogP contribution >= 0.6 is 0 Å². The summed E-state index contributed by atoms with van der Waals surface area (Å²) in [4.78, 5) is 18.7.